The lowest BCUT2D eigenvalue weighted by Crippen LogP contribution is -1.82. The minimum absolute atomic E-state index is 0.352. The molecule has 0 saturated heterocycles. The number of phenols is 1. The average molecular weight is 180 g/mol. The van der Waals surface area contributed by atoms with E-state index in [1.807, 2.05) is 26.0 Å². The molecule has 74 valence electrons. The molecule has 0 radical (unpaired) electrons. The molecule has 1 heteroatoms. The molecule has 0 saturated carbocycles. The molecule has 0 spiro atoms. The highest BCUT2D eigenvalue weighted by Crippen LogP contribution is 2.11. The van der Waals surface area contributed by atoms with E-state index in [4.69, 9.17) is 5.11 Å². The van der Waals surface area contributed by atoms with Crippen LogP contribution in [-0.2, 0) is 6.42 Å². The lowest BCUT2D eigenvalue weighted by Gasteiger charge is -1.98. The molecule has 1 N–H and O–H groups in total. The van der Waals surface area contributed by atoms with Crippen LogP contribution in [-0.4, -0.2) is 5.11 Å². The third-order valence-corrected chi connectivity index (χ3v) is 1.76. The summed E-state index contributed by atoms with van der Waals surface area (Å²) < 4.78 is 0. The Balaban J connectivity index is 0.000000671. The van der Waals surface area contributed by atoms with E-state index in [2.05, 4.69) is 6.92 Å². The first kappa shape index (κ1) is 12.0. The maximum Gasteiger partial charge on any atom is 0.115 e. The first-order valence-corrected chi connectivity index (χ1v) is 5.11. The molecule has 0 aliphatic carbocycles. The second-order valence-corrected chi connectivity index (χ2v) is 2.77. The number of benzene rings is 1. The minimum Gasteiger partial charge on any atom is -0.508 e. The van der Waals surface area contributed by atoms with Crippen LogP contribution in [0.3, 0.4) is 0 Å². The number of aromatic hydroxyl groups is 1. The maximum atomic E-state index is 8.98. The summed E-state index contributed by atoms with van der Waals surface area (Å²) in [6, 6.07) is 7.44. The Labute approximate surface area is 81.4 Å². The van der Waals surface area contributed by atoms with Gasteiger partial charge in [-0.15, -0.1) is 0 Å². The monoisotopic (exact) mass is 180 g/mol. The van der Waals surface area contributed by atoms with Gasteiger partial charge in [-0.2, -0.15) is 0 Å². The van der Waals surface area contributed by atoms with Crippen LogP contribution < -0.4 is 0 Å². The van der Waals surface area contributed by atoms with Crippen LogP contribution in [0.15, 0.2) is 24.3 Å². The lowest BCUT2D eigenvalue weighted by atomic mass is 10.1. The summed E-state index contributed by atoms with van der Waals surface area (Å²) >= 11 is 0. The van der Waals surface area contributed by atoms with Gasteiger partial charge in [0.25, 0.3) is 0 Å². The van der Waals surface area contributed by atoms with E-state index in [9.17, 15) is 0 Å². The van der Waals surface area contributed by atoms with Gasteiger partial charge in [-0.1, -0.05) is 39.3 Å². The molecule has 0 bridgehead atoms. The van der Waals surface area contributed by atoms with Crippen molar-refractivity contribution < 1.29 is 5.11 Å². The second kappa shape index (κ2) is 7.66. The van der Waals surface area contributed by atoms with Gasteiger partial charge in [0.15, 0.2) is 0 Å². The van der Waals surface area contributed by atoms with Gasteiger partial charge in [0.05, 0.1) is 0 Å². The molecule has 1 aromatic carbocycles. The van der Waals surface area contributed by atoms with Crippen molar-refractivity contribution in [3.8, 4) is 5.75 Å². The van der Waals surface area contributed by atoms with Crippen molar-refractivity contribution in [2.75, 3.05) is 0 Å². The van der Waals surface area contributed by atoms with Crippen LogP contribution in [0.1, 0.15) is 39.2 Å². The first-order valence-electron chi connectivity index (χ1n) is 5.11. The normalized spacial score (nSPS) is 8.85. The highest BCUT2D eigenvalue weighted by Gasteiger charge is 1.91. The van der Waals surface area contributed by atoms with Crippen LogP contribution in [0.2, 0.25) is 0 Å². The largest absolute Gasteiger partial charge is 0.508 e. The summed E-state index contributed by atoms with van der Waals surface area (Å²) in [7, 11) is 0. The molecule has 1 rings (SSSR count). The predicted molar refractivity (Wildman–Crippen MR) is 58.1 cm³/mol. The predicted octanol–water partition coefficient (Wildman–Crippen LogP) is 3.76. The van der Waals surface area contributed by atoms with Gasteiger partial charge >= 0.3 is 0 Å². The highest BCUT2D eigenvalue weighted by atomic mass is 16.3. The second-order valence-electron chi connectivity index (χ2n) is 2.77. The molecule has 1 nitrogen and oxygen atoms in total. The number of aryl methyl sites for hydroxylation is 1. The van der Waals surface area contributed by atoms with E-state index in [-0.39, 0.29) is 0 Å². The third-order valence-electron chi connectivity index (χ3n) is 1.76. The van der Waals surface area contributed by atoms with Crippen molar-refractivity contribution >= 4 is 0 Å². The van der Waals surface area contributed by atoms with E-state index < -0.39 is 0 Å². The molecule has 0 heterocycles. The molecular weight excluding hydrogens is 160 g/mol. The molecule has 0 aromatic heterocycles. The van der Waals surface area contributed by atoms with Gasteiger partial charge in [-0.3, -0.25) is 0 Å². The minimum atomic E-state index is 0.352. The molecule has 1 aromatic rings. The quantitative estimate of drug-likeness (QED) is 0.751. The Hall–Kier alpha value is -0.980. The van der Waals surface area contributed by atoms with E-state index >= 15 is 0 Å². The van der Waals surface area contributed by atoms with Gasteiger partial charge in [-0.05, 0) is 30.5 Å². The lowest BCUT2D eigenvalue weighted by molar-refractivity contribution is 0.475. The van der Waals surface area contributed by atoms with Crippen molar-refractivity contribution in [2.45, 2.75) is 40.0 Å². The van der Waals surface area contributed by atoms with E-state index in [0.717, 1.165) is 6.42 Å². The van der Waals surface area contributed by atoms with Gasteiger partial charge < -0.3 is 5.11 Å². The summed E-state index contributed by atoms with van der Waals surface area (Å²) in [5.74, 6) is 0.352. The smallest absolute Gasteiger partial charge is 0.115 e. The van der Waals surface area contributed by atoms with Crippen molar-refractivity contribution in [1.29, 1.82) is 0 Å². The van der Waals surface area contributed by atoms with Gasteiger partial charge in [-0.25, -0.2) is 0 Å². The molecule has 0 aliphatic heterocycles. The van der Waals surface area contributed by atoms with Crippen molar-refractivity contribution in [2.24, 2.45) is 0 Å². The molecule has 0 atom stereocenters. The SMILES string of the molecule is CC.CCCCc1ccc(O)cc1. The molecule has 0 amide bonds. The topological polar surface area (TPSA) is 20.2 Å². The van der Waals surface area contributed by atoms with Crippen LogP contribution in [0.5, 0.6) is 5.75 Å². The van der Waals surface area contributed by atoms with Crippen molar-refractivity contribution in [1.82, 2.24) is 0 Å². The zero-order chi connectivity index (χ0) is 10.1. The Morgan fingerprint density at radius 3 is 2.08 bits per heavy atom. The van der Waals surface area contributed by atoms with Crippen LogP contribution in [0, 0.1) is 0 Å². The van der Waals surface area contributed by atoms with Crippen molar-refractivity contribution in [3.63, 3.8) is 0 Å². The Morgan fingerprint density at radius 1 is 1.08 bits per heavy atom. The van der Waals surface area contributed by atoms with E-state index in [0.29, 0.717) is 5.75 Å². The fourth-order valence-electron chi connectivity index (χ4n) is 1.04. The third kappa shape index (κ3) is 5.29. The van der Waals surface area contributed by atoms with Gasteiger partial charge in [0, 0.05) is 0 Å². The fourth-order valence-corrected chi connectivity index (χ4v) is 1.04. The van der Waals surface area contributed by atoms with E-state index in [1.165, 1.54) is 18.4 Å². The summed E-state index contributed by atoms with van der Waals surface area (Å²) in [4.78, 5) is 0. The number of phenolic OH excluding ortho intramolecular Hbond substituents is 1. The number of hydrogen-bond acceptors (Lipinski definition) is 1. The number of rotatable bonds is 3. The van der Waals surface area contributed by atoms with Crippen LogP contribution in [0.4, 0.5) is 0 Å². The molecule has 0 unspecified atom stereocenters. The van der Waals surface area contributed by atoms with Crippen LogP contribution >= 0.6 is 0 Å². The Kier molecular flexibility index (Phi) is 7.08. The van der Waals surface area contributed by atoms with Crippen molar-refractivity contribution in [3.05, 3.63) is 29.8 Å². The van der Waals surface area contributed by atoms with E-state index in [1.54, 1.807) is 12.1 Å². The summed E-state index contributed by atoms with van der Waals surface area (Å²) in [6.07, 6.45) is 3.57. The first-order chi connectivity index (χ1) is 6.33. The van der Waals surface area contributed by atoms with Crippen LogP contribution in [0.25, 0.3) is 0 Å². The average Bonchev–Trinajstić information content (AvgIpc) is 2.20. The summed E-state index contributed by atoms with van der Waals surface area (Å²) in [5, 5.41) is 8.98. The molecular formula is C12H20O. The highest BCUT2D eigenvalue weighted by molar-refractivity contribution is 5.25. The zero-order valence-electron chi connectivity index (χ0n) is 8.88. The zero-order valence-corrected chi connectivity index (χ0v) is 8.88. The van der Waals surface area contributed by atoms with Gasteiger partial charge in [0.2, 0.25) is 0 Å². The van der Waals surface area contributed by atoms with Gasteiger partial charge in [0.1, 0.15) is 5.75 Å². The molecule has 13 heavy (non-hydrogen) atoms. The Bertz CT molecular complexity index is 201. The summed E-state index contributed by atoms with van der Waals surface area (Å²) in [5.41, 5.74) is 1.31. The maximum absolute atomic E-state index is 8.98. The number of unbranched alkanes of at least 4 members (excludes halogenated alkanes) is 1. The standard InChI is InChI=1S/C10H14O.C2H6/c1-2-3-4-9-5-7-10(11)8-6-9;1-2/h5-8,11H,2-4H2,1H3;1-2H3. The number of hydrogen-bond donors (Lipinski definition) is 1. The molecule has 0 fully saturated rings. The summed E-state index contributed by atoms with van der Waals surface area (Å²) in [6.45, 7) is 6.18. The fraction of sp³-hybridized carbons (Fsp3) is 0.500. The Morgan fingerprint density at radius 2 is 1.62 bits per heavy atom. The molecule has 0 aliphatic rings.